The smallest absolute Gasteiger partial charge is 0.399 e. The Kier molecular flexibility index (Phi) is 5.37. The summed E-state index contributed by atoms with van der Waals surface area (Å²) in [7, 11) is -0.343. The molecule has 2 aliphatic heterocycles. The summed E-state index contributed by atoms with van der Waals surface area (Å²) in [4.78, 5) is 8.10. The molecule has 3 heterocycles. The van der Waals surface area contributed by atoms with E-state index in [-0.39, 0.29) is 18.3 Å². The van der Waals surface area contributed by atoms with E-state index in [0.29, 0.717) is 6.04 Å². The van der Waals surface area contributed by atoms with Gasteiger partial charge >= 0.3 is 7.12 Å². The van der Waals surface area contributed by atoms with Crippen LogP contribution in [0, 0.1) is 0 Å². The lowest BCUT2D eigenvalue weighted by Crippen LogP contribution is -2.41. The number of nitrogens with zero attached hydrogens (tertiary/aromatic N) is 1. The van der Waals surface area contributed by atoms with E-state index < -0.39 is 0 Å². The highest BCUT2D eigenvalue weighted by atomic mass is 16.7. The number of fused-ring (bicyclic) bond motifs is 1. The molecule has 2 saturated heterocycles. The van der Waals surface area contributed by atoms with Gasteiger partial charge in [-0.3, -0.25) is 0 Å². The Labute approximate surface area is 207 Å². The van der Waals surface area contributed by atoms with Gasteiger partial charge in [0.15, 0.2) is 0 Å². The van der Waals surface area contributed by atoms with Gasteiger partial charge in [0.05, 0.1) is 29.1 Å². The van der Waals surface area contributed by atoms with E-state index in [9.17, 15) is 0 Å². The summed E-state index contributed by atoms with van der Waals surface area (Å²) in [5, 5.41) is 5.89. The molecule has 1 atom stereocenters. The first-order chi connectivity index (χ1) is 16.8. The van der Waals surface area contributed by atoms with E-state index in [2.05, 4.69) is 104 Å². The normalized spacial score (nSPS) is 21.1. The molecule has 3 aromatic carbocycles. The number of nitrogens with one attached hydrogen (secondary N) is 2. The Bertz CT molecular complexity index is 1350. The number of imidazole rings is 1. The van der Waals surface area contributed by atoms with Crippen molar-refractivity contribution in [3.63, 3.8) is 0 Å². The van der Waals surface area contributed by atoms with Crippen molar-refractivity contribution in [2.75, 3.05) is 6.54 Å². The summed E-state index contributed by atoms with van der Waals surface area (Å²) < 4.78 is 12.5. The van der Waals surface area contributed by atoms with Crippen molar-refractivity contribution in [3.8, 4) is 22.4 Å². The third-order valence-electron chi connectivity index (χ3n) is 7.90. The summed E-state index contributed by atoms with van der Waals surface area (Å²) in [5.41, 5.74) is 4.99. The standard InChI is InChI=1S/C29H32BN3O2/c1-28(2)29(3,4)35-30(34-28)24-14-13-22-16-21(11-12-23(22)17-24)19-7-9-20(10-8-19)26-18-32-27(33-26)25-6-5-15-31-25/h7-14,16-18,25,31H,5-6,15H2,1-4H3,(H,32,33). The zero-order chi connectivity index (χ0) is 24.2. The molecular weight excluding hydrogens is 433 g/mol. The average molecular weight is 465 g/mol. The van der Waals surface area contributed by atoms with Crippen LogP contribution >= 0.6 is 0 Å². The fourth-order valence-corrected chi connectivity index (χ4v) is 4.99. The fourth-order valence-electron chi connectivity index (χ4n) is 4.99. The fraction of sp³-hybridized carbons (Fsp3) is 0.345. The summed E-state index contributed by atoms with van der Waals surface area (Å²) in [6.45, 7) is 9.42. The zero-order valence-corrected chi connectivity index (χ0v) is 20.9. The molecule has 35 heavy (non-hydrogen) atoms. The van der Waals surface area contributed by atoms with Crippen molar-refractivity contribution in [2.24, 2.45) is 0 Å². The van der Waals surface area contributed by atoms with Crippen LogP contribution in [0.3, 0.4) is 0 Å². The third kappa shape index (κ3) is 4.10. The van der Waals surface area contributed by atoms with E-state index in [1.807, 2.05) is 6.20 Å². The van der Waals surface area contributed by atoms with Gasteiger partial charge in [-0.05, 0) is 86.1 Å². The van der Waals surface area contributed by atoms with Crippen LogP contribution in [0.2, 0.25) is 0 Å². The minimum Gasteiger partial charge on any atom is -0.399 e. The number of hydrogen-bond acceptors (Lipinski definition) is 4. The molecule has 2 aliphatic rings. The number of hydrogen-bond donors (Lipinski definition) is 2. The second-order valence-electron chi connectivity index (χ2n) is 10.8. The number of rotatable bonds is 4. The molecule has 178 valence electrons. The second-order valence-corrected chi connectivity index (χ2v) is 10.8. The third-order valence-corrected chi connectivity index (χ3v) is 7.90. The molecule has 1 unspecified atom stereocenters. The maximum atomic E-state index is 6.24. The predicted octanol–water partition coefficient (Wildman–Crippen LogP) is 5.62. The molecule has 5 nitrogen and oxygen atoms in total. The van der Waals surface area contributed by atoms with E-state index in [0.717, 1.165) is 35.5 Å². The molecule has 0 spiro atoms. The van der Waals surface area contributed by atoms with Crippen molar-refractivity contribution >= 4 is 23.4 Å². The van der Waals surface area contributed by atoms with E-state index in [1.165, 1.54) is 28.3 Å². The Balaban J connectivity index is 1.22. The number of H-pyrrole nitrogens is 1. The molecule has 0 radical (unpaired) electrons. The SMILES string of the molecule is CC1(C)OB(c2ccc3cc(-c4ccc(-c5cnc(C6CCCN6)[nH]5)cc4)ccc3c2)OC1(C)C. The van der Waals surface area contributed by atoms with E-state index >= 15 is 0 Å². The van der Waals surface area contributed by atoms with Gasteiger partial charge in [-0.15, -0.1) is 0 Å². The van der Waals surface area contributed by atoms with Crippen molar-refractivity contribution in [2.45, 2.75) is 57.8 Å². The van der Waals surface area contributed by atoms with E-state index in [4.69, 9.17) is 9.31 Å². The zero-order valence-electron chi connectivity index (χ0n) is 20.9. The first-order valence-electron chi connectivity index (χ1n) is 12.6. The minimum atomic E-state index is -0.343. The molecule has 0 saturated carbocycles. The lowest BCUT2D eigenvalue weighted by Gasteiger charge is -2.32. The lowest BCUT2D eigenvalue weighted by atomic mass is 9.78. The van der Waals surface area contributed by atoms with Gasteiger partial charge in [0.2, 0.25) is 0 Å². The predicted molar refractivity (Wildman–Crippen MR) is 143 cm³/mol. The maximum absolute atomic E-state index is 6.24. The minimum absolute atomic E-state index is 0.339. The van der Waals surface area contributed by atoms with Crippen LogP contribution in [-0.2, 0) is 9.31 Å². The van der Waals surface area contributed by atoms with E-state index in [1.54, 1.807) is 0 Å². The average Bonchev–Trinajstić information content (AvgIpc) is 3.58. The Morgan fingerprint density at radius 3 is 2.20 bits per heavy atom. The van der Waals surface area contributed by atoms with Crippen LogP contribution in [0.1, 0.15) is 52.4 Å². The number of aromatic amines is 1. The van der Waals surface area contributed by atoms with Crippen molar-refractivity contribution in [1.82, 2.24) is 15.3 Å². The molecular formula is C29H32BN3O2. The largest absolute Gasteiger partial charge is 0.494 e. The molecule has 0 bridgehead atoms. The topological polar surface area (TPSA) is 59.2 Å². The number of benzene rings is 3. The molecule has 1 aromatic heterocycles. The summed E-state index contributed by atoms with van der Waals surface area (Å²) in [6.07, 6.45) is 4.30. The second kappa shape index (κ2) is 8.33. The highest BCUT2D eigenvalue weighted by Crippen LogP contribution is 2.37. The summed E-state index contributed by atoms with van der Waals surface area (Å²) in [6, 6.07) is 22.1. The van der Waals surface area contributed by atoms with Crippen molar-refractivity contribution in [1.29, 1.82) is 0 Å². The number of aromatic nitrogens is 2. The first kappa shape index (κ1) is 22.5. The van der Waals surface area contributed by atoms with Crippen LogP contribution < -0.4 is 10.8 Å². The van der Waals surface area contributed by atoms with Gasteiger partial charge in [-0.2, -0.15) is 0 Å². The van der Waals surface area contributed by atoms with Gasteiger partial charge in [0.1, 0.15) is 5.82 Å². The Morgan fingerprint density at radius 2 is 1.49 bits per heavy atom. The first-order valence-corrected chi connectivity index (χ1v) is 12.6. The van der Waals surface area contributed by atoms with Gasteiger partial charge in [-0.25, -0.2) is 4.98 Å². The quantitative estimate of drug-likeness (QED) is 0.384. The van der Waals surface area contributed by atoms with Gasteiger partial charge in [0.25, 0.3) is 0 Å². The van der Waals surface area contributed by atoms with Gasteiger partial charge < -0.3 is 19.6 Å². The molecule has 2 fully saturated rings. The van der Waals surface area contributed by atoms with Crippen molar-refractivity contribution < 1.29 is 9.31 Å². The van der Waals surface area contributed by atoms with Crippen LogP contribution in [-0.4, -0.2) is 34.8 Å². The summed E-state index contributed by atoms with van der Waals surface area (Å²) in [5.74, 6) is 1.04. The molecule has 2 N–H and O–H groups in total. The molecule has 0 amide bonds. The van der Waals surface area contributed by atoms with Crippen LogP contribution in [0.4, 0.5) is 0 Å². The summed E-state index contributed by atoms with van der Waals surface area (Å²) >= 11 is 0. The Hall–Kier alpha value is -2.93. The van der Waals surface area contributed by atoms with Crippen molar-refractivity contribution in [3.05, 3.63) is 72.7 Å². The van der Waals surface area contributed by atoms with Crippen LogP contribution in [0.15, 0.2) is 66.9 Å². The highest BCUT2D eigenvalue weighted by molar-refractivity contribution is 6.62. The monoisotopic (exact) mass is 465 g/mol. The highest BCUT2D eigenvalue weighted by Gasteiger charge is 2.51. The molecule has 6 rings (SSSR count). The van der Waals surface area contributed by atoms with Crippen LogP contribution in [0.25, 0.3) is 33.2 Å². The lowest BCUT2D eigenvalue weighted by molar-refractivity contribution is 0.00578. The Morgan fingerprint density at radius 1 is 0.829 bits per heavy atom. The molecule has 4 aromatic rings. The molecule has 6 heteroatoms. The van der Waals surface area contributed by atoms with Gasteiger partial charge in [-0.1, -0.05) is 54.6 Å². The maximum Gasteiger partial charge on any atom is 0.494 e. The van der Waals surface area contributed by atoms with Gasteiger partial charge in [0, 0.05) is 0 Å². The molecule has 0 aliphatic carbocycles. The van der Waals surface area contributed by atoms with Crippen LogP contribution in [0.5, 0.6) is 0 Å².